The SMILES string of the molecule is O=c1ncccn1[C@H]1O[C@H](CO)[C@H](O)[C@@H]1F. The second kappa shape index (κ2) is 4.28. The summed E-state index contributed by atoms with van der Waals surface area (Å²) in [4.78, 5) is 14.8. The lowest BCUT2D eigenvalue weighted by Gasteiger charge is -2.14. The number of ether oxygens (including phenoxy) is 1. The Balaban J connectivity index is 2.30. The number of aliphatic hydroxyl groups excluding tert-OH is 2. The van der Waals surface area contributed by atoms with Crippen molar-refractivity contribution in [1.82, 2.24) is 9.55 Å². The molecule has 1 aromatic heterocycles. The number of nitrogens with zero attached hydrogens (tertiary/aromatic N) is 2. The molecule has 0 radical (unpaired) electrons. The van der Waals surface area contributed by atoms with Gasteiger partial charge in [-0.15, -0.1) is 0 Å². The van der Waals surface area contributed by atoms with Crippen LogP contribution in [0.5, 0.6) is 0 Å². The fourth-order valence-electron chi connectivity index (χ4n) is 1.64. The maximum atomic E-state index is 13.6. The molecule has 2 rings (SSSR count). The van der Waals surface area contributed by atoms with E-state index in [1.807, 2.05) is 0 Å². The van der Waals surface area contributed by atoms with Crippen molar-refractivity contribution in [1.29, 1.82) is 0 Å². The number of aliphatic hydroxyl groups is 2. The highest BCUT2D eigenvalue weighted by molar-refractivity contribution is 4.92. The first kappa shape index (κ1) is 11.2. The third kappa shape index (κ3) is 1.73. The Morgan fingerprint density at radius 2 is 2.38 bits per heavy atom. The van der Waals surface area contributed by atoms with Gasteiger partial charge in [0.05, 0.1) is 6.61 Å². The van der Waals surface area contributed by atoms with Gasteiger partial charge in [-0.2, -0.15) is 0 Å². The first-order valence-corrected chi connectivity index (χ1v) is 4.76. The van der Waals surface area contributed by atoms with Crippen molar-refractivity contribution in [3.63, 3.8) is 0 Å². The number of rotatable bonds is 2. The van der Waals surface area contributed by atoms with Crippen LogP contribution in [0.4, 0.5) is 4.39 Å². The van der Waals surface area contributed by atoms with Gasteiger partial charge in [0.25, 0.3) is 0 Å². The molecule has 1 saturated heterocycles. The Hall–Kier alpha value is -1.31. The van der Waals surface area contributed by atoms with Gasteiger partial charge in [-0.25, -0.2) is 14.2 Å². The Labute approximate surface area is 89.9 Å². The highest BCUT2D eigenvalue weighted by Gasteiger charge is 2.45. The van der Waals surface area contributed by atoms with Gasteiger partial charge in [-0.05, 0) is 6.07 Å². The van der Waals surface area contributed by atoms with E-state index in [9.17, 15) is 14.3 Å². The van der Waals surface area contributed by atoms with E-state index in [1.54, 1.807) is 0 Å². The molecule has 16 heavy (non-hydrogen) atoms. The molecule has 0 amide bonds. The molecule has 88 valence electrons. The monoisotopic (exact) mass is 230 g/mol. The van der Waals surface area contributed by atoms with E-state index >= 15 is 0 Å². The average Bonchev–Trinajstić information content (AvgIpc) is 2.57. The highest BCUT2D eigenvalue weighted by atomic mass is 19.1. The Morgan fingerprint density at radius 1 is 1.62 bits per heavy atom. The molecule has 2 N–H and O–H groups in total. The van der Waals surface area contributed by atoms with Crippen molar-refractivity contribution >= 4 is 0 Å². The number of hydrogen-bond donors (Lipinski definition) is 2. The summed E-state index contributed by atoms with van der Waals surface area (Å²) in [5, 5.41) is 18.2. The Bertz CT molecular complexity index is 424. The molecular weight excluding hydrogens is 219 g/mol. The zero-order chi connectivity index (χ0) is 11.7. The van der Waals surface area contributed by atoms with E-state index in [1.165, 1.54) is 18.5 Å². The van der Waals surface area contributed by atoms with Gasteiger partial charge in [0.1, 0.15) is 12.2 Å². The van der Waals surface area contributed by atoms with Crippen LogP contribution in [0, 0.1) is 0 Å². The molecule has 0 bridgehead atoms. The summed E-state index contributed by atoms with van der Waals surface area (Å²) in [5.74, 6) is 0. The van der Waals surface area contributed by atoms with E-state index in [-0.39, 0.29) is 0 Å². The van der Waals surface area contributed by atoms with E-state index in [0.29, 0.717) is 0 Å². The third-order valence-corrected chi connectivity index (χ3v) is 2.49. The first-order valence-electron chi connectivity index (χ1n) is 4.76. The quantitative estimate of drug-likeness (QED) is 0.669. The average molecular weight is 230 g/mol. The Morgan fingerprint density at radius 3 is 2.94 bits per heavy atom. The molecule has 0 aliphatic carbocycles. The second-order valence-electron chi connectivity index (χ2n) is 3.49. The molecule has 0 aromatic carbocycles. The van der Waals surface area contributed by atoms with Crippen molar-refractivity contribution in [2.24, 2.45) is 0 Å². The van der Waals surface area contributed by atoms with Gasteiger partial charge >= 0.3 is 5.69 Å². The summed E-state index contributed by atoms with van der Waals surface area (Å²) in [6.45, 7) is -0.507. The maximum absolute atomic E-state index is 13.6. The first-order chi connectivity index (χ1) is 7.65. The zero-order valence-corrected chi connectivity index (χ0v) is 8.23. The lowest BCUT2D eigenvalue weighted by molar-refractivity contribution is -0.0491. The van der Waals surface area contributed by atoms with E-state index in [4.69, 9.17) is 9.84 Å². The van der Waals surface area contributed by atoms with Crippen molar-refractivity contribution < 1.29 is 19.3 Å². The van der Waals surface area contributed by atoms with Gasteiger partial charge in [0, 0.05) is 12.4 Å². The molecule has 0 unspecified atom stereocenters. The van der Waals surface area contributed by atoms with Crippen molar-refractivity contribution in [2.45, 2.75) is 24.6 Å². The van der Waals surface area contributed by atoms with Crippen LogP contribution in [0.1, 0.15) is 6.23 Å². The molecule has 2 heterocycles. The van der Waals surface area contributed by atoms with Crippen LogP contribution in [0.3, 0.4) is 0 Å². The number of alkyl halides is 1. The lowest BCUT2D eigenvalue weighted by atomic mass is 10.1. The summed E-state index contributed by atoms with van der Waals surface area (Å²) in [7, 11) is 0. The molecule has 0 spiro atoms. The molecule has 1 fully saturated rings. The number of hydrogen-bond acceptors (Lipinski definition) is 5. The molecule has 1 aromatic rings. The van der Waals surface area contributed by atoms with E-state index < -0.39 is 36.9 Å². The van der Waals surface area contributed by atoms with Crippen molar-refractivity contribution in [3.8, 4) is 0 Å². The maximum Gasteiger partial charge on any atom is 0.349 e. The zero-order valence-electron chi connectivity index (χ0n) is 8.23. The molecule has 4 atom stereocenters. The minimum absolute atomic E-state index is 0.507. The summed E-state index contributed by atoms with van der Waals surface area (Å²) < 4.78 is 19.6. The molecule has 0 saturated carbocycles. The minimum atomic E-state index is -1.76. The standard InChI is InChI=1S/C9H11FN2O4/c10-6-7(14)5(4-13)16-8(6)12-3-1-2-11-9(12)15/h1-3,5-8,13-14H,4H2/t5-,6+,7+,8+/m1/s1. The van der Waals surface area contributed by atoms with Gasteiger partial charge in [-0.1, -0.05) is 0 Å². The van der Waals surface area contributed by atoms with Crippen LogP contribution in [0.25, 0.3) is 0 Å². The molecule has 1 aliphatic heterocycles. The van der Waals surface area contributed by atoms with Crippen LogP contribution >= 0.6 is 0 Å². The minimum Gasteiger partial charge on any atom is -0.394 e. The van der Waals surface area contributed by atoms with Crippen molar-refractivity contribution in [2.75, 3.05) is 6.61 Å². The third-order valence-electron chi connectivity index (χ3n) is 2.49. The van der Waals surface area contributed by atoms with Gasteiger partial charge in [0.2, 0.25) is 0 Å². The molecule has 1 aliphatic rings. The van der Waals surface area contributed by atoms with Crippen LogP contribution in [0.15, 0.2) is 23.3 Å². The summed E-state index contributed by atoms with van der Waals surface area (Å²) in [5.41, 5.74) is -0.666. The van der Waals surface area contributed by atoms with Crippen LogP contribution in [0.2, 0.25) is 0 Å². The number of aromatic nitrogens is 2. The highest BCUT2D eigenvalue weighted by Crippen LogP contribution is 2.30. The predicted molar refractivity (Wildman–Crippen MR) is 50.4 cm³/mol. The fraction of sp³-hybridized carbons (Fsp3) is 0.556. The topological polar surface area (TPSA) is 84.6 Å². The Kier molecular flexibility index (Phi) is 2.99. The molecule has 7 heteroatoms. The predicted octanol–water partition coefficient (Wildman–Crippen LogP) is -1.17. The second-order valence-corrected chi connectivity index (χ2v) is 3.49. The van der Waals surface area contributed by atoms with Gasteiger partial charge in [-0.3, -0.25) is 4.57 Å². The van der Waals surface area contributed by atoms with Crippen LogP contribution < -0.4 is 5.69 Å². The molecule has 6 nitrogen and oxygen atoms in total. The molecular formula is C9H11FN2O4. The fourth-order valence-corrected chi connectivity index (χ4v) is 1.64. The normalized spacial score (nSPS) is 34.2. The van der Waals surface area contributed by atoms with Crippen LogP contribution in [-0.4, -0.2) is 44.8 Å². The summed E-state index contributed by atoms with van der Waals surface area (Å²) in [6.07, 6.45) is -2.87. The smallest absolute Gasteiger partial charge is 0.349 e. The van der Waals surface area contributed by atoms with Crippen LogP contribution in [-0.2, 0) is 4.74 Å². The summed E-state index contributed by atoms with van der Waals surface area (Å²) >= 11 is 0. The van der Waals surface area contributed by atoms with Gasteiger partial charge in [0.15, 0.2) is 12.4 Å². The lowest BCUT2D eigenvalue weighted by Crippen LogP contribution is -2.33. The van der Waals surface area contributed by atoms with Gasteiger partial charge < -0.3 is 14.9 Å². The number of halogens is 1. The summed E-state index contributed by atoms with van der Waals surface area (Å²) in [6, 6.07) is 1.45. The van der Waals surface area contributed by atoms with E-state index in [0.717, 1.165) is 4.57 Å². The largest absolute Gasteiger partial charge is 0.394 e. The van der Waals surface area contributed by atoms with E-state index in [2.05, 4.69) is 4.98 Å². The van der Waals surface area contributed by atoms with Crippen molar-refractivity contribution in [3.05, 3.63) is 28.9 Å².